The summed E-state index contributed by atoms with van der Waals surface area (Å²) in [7, 11) is 0. The molecule has 0 radical (unpaired) electrons. The van der Waals surface area contributed by atoms with E-state index in [2.05, 4.69) is 15.3 Å². The van der Waals surface area contributed by atoms with Gasteiger partial charge in [-0.3, -0.25) is 4.79 Å². The fraction of sp³-hybridized carbons (Fsp3) is 0.150. The topological polar surface area (TPSA) is 54.9 Å². The van der Waals surface area contributed by atoms with Gasteiger partial charge in [0, 0.05) is 16.9 Å². The van der Waals surface area contributed by atoms with Crippen LogP contribution in [-0.2, 0) is 24.1 Å². The van der Waals surface area contributed by atoms with Gasteiger partial charge in [-0.05, 0) is 48.2 Å². The molecule has 4 nitrogen and oxygen atoms in total. The van der Waals surface area contributed by atoms with Crippen molar-refractivity contribution < 1.29 is 9.18 Å². The zero-order chi connectivity index (χ0) is 17.2. The van der Waals surface area contributed by atoms with Crippen molar-refractivity contribution in [3.63, 3.8) is 0 Å². The smallest absolute Gasteiger partial charge is 0.228 e. The van der Waals surface area contributed by atoms with Gasteiger partial charge >= 0.3 is 0 Å². The summed E-state index contributed by atoms with van der Waals surface area (Å²) in [4.78, 5) is 20.2. The number of anilines is 1. The highest BCUT2D eigenvalue weighted by atomic mass is 19.1. The molecule has 0 spiro atoms. The summed E-state index contributed by atoms with van der Waals surface area (Å²) in [5.41, 5.74) is 5.65. The number of hydrogen-bond acceptors (Lipinski definition) is 3. The largest absolute Gasteiger partial charge is 0.326 e. The molecular weight excluding hydrogens is 317 g/mol. The van der Waals surface area contributed by atoms with Gasteiger partial charge in [0.25, 0.3) is 0 Å². The minimum atomic E-state index is -0.225. The van der Waals surface area contributed by atoms with E-state index in [1.54, 1.807) is 18.5 Å². The van der Waals surface area contributed by atoms with Crippen LogP contribution in [0.3, 0.4) is 0 Å². The zero-order valence-corrected chi connectivity index (χ0v) is 13.5. The van der Waals surface area contributed by atoms with Crippen molar-refractivity contribution in [2.24, 2.45) is 0 Å². The molecule has 1 aliphatic rings. The van der Waals surface area contributed by atoms with Gasteiger partial charge in [-0.2, -0.15) is 0 Å². The molecule has 0 aliphatic carbocycles. The van der Waals surface area contributed by atoms with Crippen LogP contribution in [0.25, 0.3) is 11.3 Å². The minimum absolute atomic E-state index is 0.0230. The van der Waals surface area contributed by atoms with Crippen molar-refractivity contribution in [1.29, 1.82) is 0 Å². The Kier molecular flexibility index (Phi) is 3.98. The lowest BCUT2D eigenvalue weighted by Crippen LogP contribution is -2.03. The summed E-state index contributed by atoms with van der Waals surface area (Å²) in [6.07, 6.45) is 3.53. The molecule has 0 atom stereocenters. The number of fused-ring (bicyclic) bond motifs is 1. The Morgan fingerprint density at radius 3 is 2.68 bits per heavy atom. The van der Waals surface area contributed by atoms with Gasteiger partial charge in [0.05, 0.1) is 12.1 Å². The Morgan fingerprint density at radius 1 is 1.00 bits per heavy atom. The number of carbonyl (C=O) groups is 1. The van der Waals surface area contributed by atoms with E-state index in [1.807, 2.05) is 24.3 Å². The molecule has 1 aliphatic heterocycles. The Morgan fingerprint density at radius 2 is 1.84 bits per heavy atom. The van der Waals surface area contributed by atoms with E-state index >= 15 is 0 Å². The van der Waals surface area contributed by atoms with Gasteiger partial charge in [-0.25, -0.2) is 14.4 Å². The summed E-state index contributed by atoms with van der Waals surface area (Å²) in [5, 5.41) is 2.86. The summed E-state index contributed by atoms with van der Waals surface area (Å²) in [5.74, 6) is -0.202. The van der Waals surface area contributed by atoms with Gasteiger partial charge in [0.15, 0.2) is 0 Å². The number of benzene rings is 2. The standard InChI is InChI=1S/C20H16FN3O/c21-16-6-1-13(2-7-16)3-8-17-11-18(23-12-22-17)14-4-5-15-10-20(25)24-19(15)9-14/h1-2,4-7,9,11-12H,3,8,10H2,(H,24,25). The van der Waals surface area contributed by atoms with E-state index in [4.69, 9.17) is 0 Å². The van der Waals surface area contributed by atoms with Gasteiger partial charge in [-0.15, -0.1) is 0 Å². The number of hydrogen-bond donors (Lipinski definition) is 1. The average molecular weight is 333 g/mol. The monoisotopic (exact) mass is 333 g/mol. The second-order valence-corrected chi connectivity index (χ2v) is 6.12. The Labute approximate surface area is 144 Å². The Bertz CT molecular complexity index is 938. The predicted octanol–water partition coefficient (Wildman–Crippen LogP) is 3.56. The first-order valence-corrected chi connectivity index (χ1v) is 8.16. The van der Waals surface area contributed by atoms with E-state index in [9.17, 15) is 9.18 Å². The highest BCUT2D eigenvalue weighted by Crippen LogP contribution is 2.28. The molecule has 0 bridgehead atoms. The van der Waals surface area contributed by atoms with Crippen LogP contribution in [0.2, 0.25) is 0 Å². The summed E-state index contributed by atoms with van der Waals surface area (Å²) >= 11 is 0. The molecule has 2 aromatic carbocycles. The van der Waals surface area contributed by atoms with Crippen molar-refractivity contribution >= 4 is 11.6 Å². The van der Waals surface area contributed by atoms with E-state index < -0.39 is 0 Å². The fourth-order valence-electron chi connectivity index (χ4n) is 2.99. The maximum Gasteiger partial charge on any atom is 0.228 e. The molecule has 4 rings (SSSR count). The van der Waals surface area contributed by atoms with Crippen LogP contribution in [0.5, 0.6) is 0 Å². The summed E-state index contributed by atoms with van der Waals surface area (Å²) in [6, 6.07) is 14.4. The number of aryl methyl sites for hydroxylation is 2. The maximum absolute atomic E-state index is 13.0. The van der Waals surface area contributed by atoms with E-state index in [-0.39, 0.29) is 11.7 Å². The molecule has 0 unspecified atom stereocenters. The second kappa shape index (κ2) is 6.43. The van der Waals surface area contributed by atoms with Crippen molar-refractivity contribution in [3.05, 3.63) is 77.5 Å². The van der Waals surface area contributed by atoms with Gasteiger partial charge in [0.2, 0.25) is 5.91 Å². The van der Waals surface area contributed by atoms with Gasteiger partial charge in [-0.1, -0.05) is 24.3 Å². The van der Waals surface area contributed by atoms with Crippen LogP contribution in [0, 0.1) is 5.82 Å². The van der Waals surface area contributed by atoms with Crippen LogP contribution in [0.1, 0.15) is 16.8 Å². The third kappa shape index (κ3) is 3.40. The number of rotatable bonds is 4. The Balaban J connectivity index is 1.52. The normalized spacial score (nSPS) is 12.8. The number of aromatic nitrogens is 2. The van der Waals surface area contributed by atoms with Gasteiger partial charge < -0.3 is 5.32 Å². The number of nitrogens with one attached hydrogen (secondary N) is 1. The second-order valence-electron chi connectivity index (χ2n) is 6.12. The molecular formula is C20H16FN3O. The predicted molar refractivity (Wildman–Crippen MR) is 93.6 cm³/mol. The molecule has 2 heterocycles. The Hall–Kier alpha value is -3.08. The number of amides is 1. The molecule has 1 N–H and O–H groups in total. The molecule has 0 saturated heterocycles. The maximum atomic E-state index is 13.0. The fourth-order valence-corrected chi connectivity index (χ4v) is 2.99. The molecule has 3 aromatic rings. The van der Waals surface area contributed by atoms with E-state index in [0.717, 1.165) is 46.6 Å². The third-order valence-electron chi connectivity index (χ3n) is 4.34. The molecule has 124 valence electrons. The van der Waals surface area contributed by atoms with Crippen LogP contribution < -0.4 is 5.32 Å². The lowest BCUT2D eigenvalue weighted by Gasteiger charge is -2.06. The van der Waals surface area contributed by atoms with Crippen LogP contribution >= 0.6 is 0 Å². The SMILES string of the molecule is O=C1Cc2ccc(-c3cc(CCc4ccc(F)cc4)ncn3)cc2N1. The molecule has 1 amide bonds. The number of halogens is 1. The molecule has 0 saturated carbocycles. The first kappa shape index (κ1) is 15.4. The highest BCUT2D eigenvalue weighted by molar-refractivity contribution is 5.99. The lowest BCUT2D eigenvalue weighted by atomic mass is 10.0. The number of carbonyl (C=O) groups excluding carboxylic acids is 1. The lowest BCUT2D eigenvalue weighted by molar-refractivity contribution is -0.115. The average Bonchev–Trinajstić information content (AvgIpc) is 3.00. The zero-order valence-electron chi connectivity index (χ0n) is 13.5. The van der Waals surface area contributed by atoms with E-state index in [0.29, 0.717) is 6.42 Å². The van der Waals surface area contributed by atoms with Gasteiger partial charge in [0.1, 0.15) is 12.1 Å². The molecule has 25 heavy (non-hydrogen) atoms. The third-order valence-corrected chi connectivity index (χ3v) is 4.34. The molecule has 5 heteroatoms. The molecule has 0 fully saturated rings. The van der Waals surface area contributed by atoms with Crippen molar-refractivity contribution in [3.8, 4) is 11.3 Å². The first-order valence-electron chi connectivity index (χ1n) is 8.16. The van der Waals surface area contributed by atoms with Crippen LogP contribution in [-0.4, -0.2) is 15.9 Å². The van der Waals surface area contributed by atoms with E-state index in [1.165, 1.54) is 12.1 Å². The first-order chi connectivity index (χ1) is 12.2. The van der Waals surface area contributed by atoms with Crippen LogP contribution in [0.4, 0.5) is 10.1 Å². The quantitative estimate of drug-likeness (QED) is 0.794. The number of nitrogens with zero attached hydrogens (tertiary/aromatic N) is 2. The van der Waals surface area contributed by atoms with Crippen LogP contribution in [0.15, 0.2) is 54.9 Å². The molecule has 1 aromatic heterocycles. The highest BCUT2D eigenvalue weighted by Gasteiger charge is 2.18. The van der Waals surface area contributed by atoms with Crippen molar-refractivity contribution in [2.75, 3.05) is 5.32 Å². The summed E-state index contributed by atoms with van der Waals surface area (Å²) in [6.45, 7) is 0. The minimum Gasteiger partial charge on any atom is -0.326 e. The summed E-state index contributed by atoms with van der Waals surface area (Å²) < 4.78 is 13.0. The van der Waals surface area contributed by atoms with Crippen molar-refractivity contribution in [1.82, 2.24) is 9.97 Å². The van der Waals surface area contributed by atoms with Crippen molar-refractivity contribution in [2.45, 2.75) is 19.3 Å².